The summed E-state index contributed by atoms with van der Waals surface area (Å²) in [5.41, 5.74) is 5.10. The van der Waals surface area contributed by atoms with Gasteiger partial charge in [-0.25, -0.2) is 4.79 Å². The van der Waals surface area contributed by atoms with E-state index in [-0.39, 0.29) is 18.9 Å². The number of rotatable bonds is 7. The van der Waals surface area contributed by atoms with Gasteiger partial charge in [0.15, 0.2) is 0 Å². The van der Waals surface area contributed by atoms with Crippen LogP contribution < -0.4 is 10.1 Å². The third-order valence-corrected chi connectivity index (χ3v) is 5.53. The highest BCUT2D eigenvalue weighted by Crippen LogP contribution is 2.44. The van der Waals surface area contributed by atoms with Gasteiger partial charge in [-0.15, -0.1) is 0 Å². The molecule has 0 heterocycles. The SMILES string of the molecule is COc1ccccc1[C@H](CC(=O)O)NC(=O)OCC1c2ccccc2-c2ccccc21. The Morgan fingerprint density at radius 3 is 2.13 bits per heavy atom. The highest BCUT2D eigenvalue weighted by molar-refractivity contribution is 5.79. The van der Waals surface area contributed by atoms with Gasteiger partial charge >= 0.3 is 12.1 Å². The number of nitrogens with one attached hydrogen (secondary N) is 1. The van der Waals surface area contributed by atoms with Crippen LogP contribution in [0.25, 0.3) is 11.1 Å². The maximum atomic E-state index is 12.6. The maximum Gasteiger partial charge on any atom is 0.407 e. The second kappa shape index (κ2) is 8.92. The second-order valence-electron chi connectivity index (χ2n) is 7.36. The minimum atomic E-state index is -1.03. The average molecular weight is 417 g/mol. The molecule has 0 spiro atoms. The van der Waals surface area contributed by atoms with Crippen LogP contribution in [0, 0.1) is 0 Å². The number of carboxylic acids is 1. The summed E-state index contributed by atoms with van der Waals surface area (Å²) >= 11 is 0. The maximum absolute atomic E-state index is 12.6. The number of alkyl carbamates (subject to hydrolysis) is 1. The molecule has 0 saturated heterocycles. The van der Waals surface area contributed by atoms with Crippen LogP contribution in [-0.2, 0) is 9.53 Å². The minimum Gasteiger partial charge on any atom is -0.496 e. The Morgan fingerprint density at radius 2 is 1.52 bits per heavy atom. The van der Waals surface area contributed by atoms with Gasteiger partial charge in [0.2, 0.25) is 0 Å². The van der Waals surface area contributed by atoms with Crippen molar-refractivity contribution >= 4 is 12.1 Å². The van der Waals surface area contributed by atoms with Gasteiger partial charge in [-0.1, -0.05) is 66.7 Å². The molecule has 0 unspecified atom stereocenters. The van der Waals surface area contributed by atoms with Crippen LogP contribution in [0.2, 0.25) is 0 Å². The molecule has 0 saturated carbocycles. The summed E-state index contributed by atoms with van der Waals surface area (Å²) in [6.07, 6.45) is -0.955. The lowest BCUT2D eigenvalue weighted by Gasteiger charge is -2.20. The third kappa shape index (κ3) is 4.23. The average Bonchev–Trinajstić information content (AvgIpc) is 3.11. The molecule has 1 aliphatic rings. The summed E-state index contributed by atoms with van der Waals surface area (Å²) in [6.45, 7) is 0.158. The normalized spacial score (nSPS) is 13.1. The third-order valence-electron chi connectivity index (χ3n) is 5.53. The molecule has 4 rings (SSSR count). The Kier molecular flexibility index (Phi) is 5.89. The number of carboxylic acid groups (broad SMARTS) is 1. The molecule has 0 bridgehead atoms. The Hall–Kier alpha value is -3.80. The van der Waals surface area contributed by atoms with Gasteiger partial charge in [-0.05, 0) is 28.3 Å². The summed E-state index contributed by atoms with van der Waals surface area (Å²) < 4.78 is 10.9. The minimum absolute atomic E-state index is 0.0673. The van der Waals surface area contributed by atoms with E-state index in [1.165, 1.54) is 7.11 Å². The van der Waals surface area contributed by atoms with Gasteiger partial charge in [-0.3, -0.25) is 4.79 Å². The first-order valence-corrected chi connectivity index (χ1v) is 10.0. The first-order valence-electron chi connectivity index (χ1n) is 10.0. The fourth-order valence-corrected chi connectivity index (χ4v) is 4.15. The lowest BCUT2D eigenvalue weighted by Crippen LogP contribution is -2.32. The van der Waals surface area contributed by atoms with E-state index in [2.05, 4.69) is 17.4 Å². The van der Waals surface area contributed by atoms with Crippen molar-refractivity contribution < 1.29 is 24.2 Å². The molecule has 6 nitrogen and oxygen atoms in total. The zero-order valence-electron chi connectivity index (χ0n) is 17.1. The van der Waals surface area contributed by atoms with Crippen LogP contribution in [-0.4, -0.2) is 30.9 Å². The van der Waals surface area contributed by atoms with Crippen LogP contribution in [0.15, 0.2) is 72.8 Å². The quantitative estimate of drug-likeness (QED) is 0.580. The van der Waals surface area contributed by atoms with Crippen LogP contribution in [0.4, 0.5) is 4.79 Å². The number of ether oxygens (including phenoxy) is 2. The van der Waals surface area contributed by atoms with Crippen molar-refractivity contribution in [2.24, 2.45) is 0 Å². The Labute approximate surface area is 180 Å². The second-order valence-corrected chi connectivity index (χ2v) is 7.36. The van der Waals surface area contributed by atoms with Gasteiger partial charge in [0.05, 0.1) is 19.6 Å². The van der Waals surface area contributed by atoms with Gasteiger partial charge in [0, 0.05) is 11.5 Å². The summed E-state index contributed by atoms with van der Waals surface area (Å²) in [4.78, 5) is 24.0. The number of para-hydroxylation sites is 1. The van der Waals surface area contributed by atoms with E-state index in [1.807, 2.05) is 36.4 Å². The fourth-order valence-electron chi connectivity index (χ4n) is 4.15. The first-order chi connectivity index (χ1) is 15.1. The van der Waals surface area contributed by atoms with E-state index in [4.69, 9.17) is 9.47 Å². The van der Waals surface area contributed by atoms with Crippen molar-refractivity contribution in [3.05, 3.63) is 89.5 Å². The van der Waals surface area contributed by atoms with Gasteiger partial charge < -0.3 is 19.9 Å². The van der Waals surface area contributed by atoms with Crippen LogP contribution in [0.5, 0.6) is 5.75 Å². The van der Waals surface area contributed by atoms with Crippen molar-refractivity contribution in [1.82, 2.24) is 5.32 Å². The molecule has 3 aromatic carbocycles. The molecular weight excluding hydrogens is 394 g/mol. The monoisotopic (exact) mass is 417 g/mol. The number of methoxy groups -OCH3 is 1. The van der Waals surface area contributed by atoms with Crippen LogP contribution in [0.3, 0.4) is 0 Å². The van der Waals surface area contributed by atoms with Crippen molar-refractivity contribution in [2.75, 3.05) is 13.7 Å². The number of hydrogen-bond acceptors (Lipinski definition) is 4. The Balaban J connectivity index is 1.50. The summed E-state index contributed by atoms with van der Waals surface area (Å²) in [7, 11) is 1.50. The van der Waals surface area contributed by atoms with Crippen LogP contribution >= 0.6 is 0 Å². The number of benzene rings is 3. The highest BCUT2D eigenvalue weighted by atomic mass is 16.5. The zero-order chi connectivity index (χ0) is 21.8. The van der Waals surface area contributed by atoms with E-state index >= 15 is 0 Å². The molecule has 2 N–H and O–H groups in total. The van der Waals surface area contributed by atoms with E-state index in [0.29, 0.717) is 11.3 Å². The molecule has 158 valence electrons. The van der Waals surface area contributed by atoms with E-state index < -0.39 is 18.1 Å². The first kappa shape index (κ1) is 20.5. The van der Waals surface area contributed by atoms with E-state index in [0.717, 1.165) is 22.3 Å². The molecule has 0 aromatic heterocycles. The molecule has 0 radical (unpaired) electrons. The zero-order valence-corrected chi connectivity index (χ0v) is 17.1. The predicted octanol–water partition coefficient (Wildman–Crippen LogP) is 4.75. The molecule has 3 aromatic rings. The molecule has 1 aliphatic carbocycles. The summed E-state index contributed by atoms with van der Waals surface area (Å²) in [5.74, 6) is -0.593. The highest BCUT2D eigenvalue weighted by Gasteiger charge is 2.29. The number of hydrogen-bond donors (Lipinski definition) is 2. The van der Waals surface area contributed by atoms with Crippen LogP contribution in [0.1, 0.15) is 35.1 Å². The number of fused-ring (bicyclic) bond motifs is 3. The van der Waals surface area contributed by atoms with Crippen molar-refractivity contribution in [2.45, 2.75) is 18.4 Å². The number of carbonyl (C=O) groups is 2. The van der Waals surface area contributed by atoms with Crippen molar-refractivity contribution in [1.29, 1.82) is 0 Å². The summed E-state index contributed by atoms with van der Waals surface area (Å²) in [5, 5.41) is 12.0. The summed E-state index contributed by atoms with van der Waals surface area (Å²) in [6, 6.07) is 22.4. The molecule has 0 fully saturated rings. The Morgan fingerprint density at radius 1 is 0.935 bits per heavy atom. The predicted molar refractivity (Wildman–Crippen MR) is 116 cm³/mol. The van der Waals surface area contributed by atoms with Crippen molar-refractivity contribution in [3.63, 3.8) is 0 Å². The lowest BCUT2D eigenvalue weighted by atomic mass is 9.98. The molecule has 1 amide bonds. The lowest BCUT2D eigenvalue weighted by molar-refractivity contribution is -0.137. The van der Waals surface area contributed by atoms with E-state index in [9.17, 15) is 14.7 Å². The molecule has 31 heavy (non-hydrogen) atoms. The van der Waals surface area contributed by atoms with Crippen molar-refractivity contribution in [3.8, 4) is 16.9 Å². The van der Waals surface area contributed by atoms with Gasteiger partial charge in [0.25, 0.3) is 0 Å². The number of aliphatic carboxylic acids is 1. The number of carbonyl (C=O) groups excluding carboxylic acids is 1. The largest absolute Gasteiger partial charge is 0.496 e. The van der Waals surface area contributed by atoms with E-state index in [1.54, 1.807) is 24.3 Å². The topological polar surface area (TPSA) is 84.9 Å². The molecule has 6 heteroatoms. The fraction of sp³-hybridized carbons (Fsp3) is 0.200. The Bertz CT molecular complexity index is 1060. The molecule has 0 aliphatic heterocycles. The van der Waals surface area contributed by atoms with Gasteiger partial charge in [-0.2, -0.15) is 0 Å². The van der Waals surface area contributed by atoms with Gasteiger partial charge in [0.1, 0.15) is 12.4 Å². The number of amides is 1. The molecular formula is C25H23NO5. The smallest absolute Gasteiger partial charge is 0.407 e. The standard InChI is InChI=1S/C25H23NO5/c1-30-23-13-7-6-12-20(23)22(14-24(27)28)26-25(29)31-15-21-18-10-4-2-8-16(18)17-9-3-5-11-19(17)21/h2-13,21-22H,14-15H2,1H3,(H,26,29)(H,27,28)/t22-/m0/s1. The molecule has 1 atom stereocenters.